The van der Waals surface area contributed by atoms with E-state index in [4.69, 9.17) is 18.9 Å². The summed E-state index contributed by atoms with van der Waals surface area (Å²) in [6, 6.07) is 3.01. The number of fused-ring (bicyclic) bond motifs is 1. The van der Waals surface area contributed by atoms with Crippen molar-refractivity contribution in [3.05, 3.63) is 23.5 Å². The second-order valence-electron chi connectivity index (χ2n) is 13.2. The summed E-state index contributed by atoms with van der Waals surface area (Å²) < 4.78 is 37.2. The first-order valence-electron chi connectivity index (χ1n) is 14.5. The molecule has 0 saturated heterocycles. The maximum absolute atomic E-state index is 15.0. The van der Waals surface area contributed by atoms with Gasteiger partial charge in [0.05, 0.1) is 12.7 Å². The standard InChI is InChI=1S/C30H42BFO8/c1-17-8-10-30-11-9-20(33)26(30)29(17,4)22(14-28(3,12-13-37-5)27(35)18(30)2)40-23(34)16-38-21-7-6-19-15-39-31(36)24(19)25(21)32/h6-7,17-18,22,26-27,35-36H,8-16H2,1-5H3/t17-,18+,22-,26+,27+,28-,29+,30+/m1/s1. The number of ketones is 1. The van der Waals surface area contributed by atoms with Crippen molar-refractivity contribution < 1.29 is 43.0 Å². The Morgan fingerprint density at radius 1 is 1.25 bits per heavy atom. The van der Waals surface area contributed by atoms with Crippen molar-refractivity contribution in [2.75, 3.05) is 20.3 Å². The van der Waals surface area contributed by atoms with Gasteiger partial charge in [-0.15, -0.1) is 0 Å². The van der Waals surface area contributed by atoms with E-state index in [1.165, 1.54) is 6.07 Å². The van der Waals surface area contributed by atoms with Crippen molar-refractivity contribution >= 4 is 24.3 Å². The number of aliphatic hydroxyl groups is 1. The molecule has 10 heteroatoms. The fourth-order valence-electron chi connectivity index (χ4n) is 8.64. The molecule has 4 aliphatic rings. The van der Waals surface area contributed by atoms with Gasteiger partial charge in [0.1, 0.15) is 11.9 Å². The molecule has 8 nitrogen and oxygen atoms in total. The largest absolute Gasteiger partial charge is 0.494 e. The maximum Gasteiger partial charge on any atom is 0.494 e. The number of benzene rings is 1. The SMILES string of the molecule is COCC[C@]1(C)C[C@@H](OC(=O)COc2ccc3c(c2F)B(O)OC3)[C@]2(C)[C@H](C)CC[C@]3(CCC(=O)[C@H]32)[C@@H](C)[C@@H]1O. The average molecular weight is 560 g/mol. The molecule has 1 aromatic rings. The van der Waals surface area contributed by atoms with Crippen molar-refractivity contribution in [2.45, 2.75) is 85.0 Å². The lowest BCUT2D eigenvalue weighted by Gasteiger charge is -2.62. The molecule has 1 heterocycles. The van der Waals surface area contributed by atoms with Gasteiger partial charge in [-0.3, -0.25) is 4.79 Å². The smallest absolute Gasteiger partial charge is 0.479 e. The van der Waals surface area contributed by atoms with Gasteiger partial charge in [-0.1, -0.05) is 33.8 Å². The van der Waals surface area contributed by atoms with Gasteiger partial charge in [-0.05, 0) is 66.4 Å². The molecular formula is C30H42BFO8. The fourth-order valence-corrected chi connectivity index (χ4v) is 8.64. The van der Waals surface area contributed by atoms with Gasteiger partial charge in [0.25, 0.3) is 0 Å². The Kier molecular flexibility index (Phi) is 7.87. The summed E-state index contributed by atoms with van der Waals surface area (Å²) in [5, 5.41) is 21.8. The van der Waals surface area contributed by atoms with Gasteiger partial charge >= 0.3 is 13.1 Å². The molecular weight excluding hydrogens is 518 g/mol. The Balaban J connectivity index is 1.45. The zero-order valence-electron chi connectivity index (χ0n) is 24.2. The van der Waals surface area contributed by atoms with Gasteiger partial charge in [-0.2, -0.15) is 0 Å². The lowest BCUT2D eigenvalue weighted by molar-refractivity contribution is -0.214. The highest BCUT2D eigenvalue weighted by Crippen LogP contribution is 2.68. The predicted molar refractivity (Wildman–Crippen MR) is 145 cm³/mol. The topological polar surface area (TPSA) is 112 Å². The molecule has 2 bridgehead atoms. The Morgan fingerprint density at radius 2 is 2.00 bits per heavy atom. The molecule has 3 aliphatic carbocycles. The number of aliphatic hydroxyl groups excluding tert-OH is 1. The minimum absolute atomic E-state index is 0.0162. The van der Waals surface area contributed by atoms with Crippen molar-refractivity contribution in [1.29, 1.82) is 0 Å². The normalized spacial score (nSPS) is 38.9. The Bertz CT molecular complexity index is 1160. The van der Waals surface area contributed by atoms with Crippen LogP contribution in [0.5, 0.6) is 5.75 Å². The third kappa shape index (κ3) is 4.50. The van der Waals surface area contributed by atoms with E-state index < -0.39 is 48.5 Å². The number of carbonyl (C=O) groups is 2. The molecule has 40 heavy (non-hydrogen) atoms. The second-order valence-corrected chi connectivity index (χ2v) is 13.2. The van der Waals surface area contributed by atoms with Gasteiger partial charge in [0, 0.05) is 36.9 Å². The van der Waals surface area contributed by atoms with Crippen LogP contribution in [0.3, 0.4) is 0 Å². The summed E-state index contributed by atoms with van der Waals surface area (Å²) in [5.41, 5.74) is -1.07. The average Bonchev–Trinajstić information content (AvgIpc) is 3.48. The van der Waals surface area contributed by atoms with Crippen LogP contribution in [0.1, 0.15) is 71.8 Å². The van der Waals surface area contributed by atoms with E-state index in [0.29, 0.717) is 31.4 Å². The molecule has 2 N–H and O–H groups in total. The number of esters is 1. The van der Waals surface area contributed by atoms with Crippen LogP contribution in [0.4, 0.5) is 4.39 Å². The minimum atomic E-state index is -1.38. The second kappa shape index (κ2) is 10.7. The lowest BCUT2D eigenvalue weighted by atomic mass is 9.43. The molecule has 0 amide bonds. The molecule has 5 rings (SSSR count). The van der Waals surface area contributed by atoms with Crippen LogP contribution in [-0.2, 0) is 30.3 Å². The quantitative estimate of drug-likeness (QED) is 0.387. The Hall–Kier alpha value is -2.01. The van der Waals surface area contributed by atoms with E-state index in [1.807, 2.05) is 6.92 Å². The summed E-state index contributed by atoms with van der Waals surface area (Å²) in [6.07, 6.45) is 2.51. The third-order valence-electron chi connectivity index (χ3n) is 11.3. The van der Waals surface area contributed by atoms with E-state index in [1.54, 1.807) is 13.2 Å². The number of ether oxygens (including phenoxy) is 3. The molecule has 1 aliphatic heterocycles. The van der Waals surface area contributed by atoms with E-state index in [0.717, 1.165) is 19.3 Å². The molecule has 0 spiro atoms. The van der Waals surface area contributed by atoms with Crippen LogP contribution in [0.2, 0.25) is 0 Å². The predicted octanol–water partition coefficient (Wildman–Crippen LogP) is 3.18. The summed E-state index contributed by atoms with van der Waals surface area (Å²) >= 11 is 0. The first-order chi connectivity index (χ1) is 18.9. The fraction of sp³-hybridized carbons (Fsp3) is 0.733. The van der Waals surface area contributed by atoms with Crippen molar-refractivity contribution in [1.82, 2.24) is 0 Å². The molecule has 0 aromatic heterocycles. The van der Waals surface area contributed by atoms with E-state index >= 15 is 4.39 Å². The number of hydrogen-bond acceptors (Lipinski definition) is 8. The summed E-state index contributed by atoms with van der Waals surface area (Å²) in [6.45, 7) is 8.34. The van der Waals surface area contributed by atoms with E-state index in [2.05, 4.69) is 20.8 Å². The summed E-state index contributed by atoms with van der Waals surface area (Å²) in [4.78, 5) is 26.9. The number of methoxy groups -OCH3 is 1. The van der Waals surface area contributed by atoms with Crippen LogP contribution in [-0.4, -0.2) is 61.5 Å². The zero-order chi connectivity index (χ0) is 29.0. The number of carbonyl (C=O) groups excluding carboxylic acids is 2. The molecule has 0 unspecified atom stereocenters. The van der Waals surface area contributed by atoms with Crippen LogP contribution in [0.25, 0.3) is 0 Å². The highest BCUT2D eigenvalue weighted by Gasteiger charge is 2.68. The van der Waals surface area contributed by atoms with Crippen molar-refractivity contribution in [3.63, 3.8) is 0 Å². The molecule has 1 aromatic carbocycles. The molecule has 0 radical (unpaired) electrons. The molecule has 220 valence electrons. The Labute approximate surface area is 236 Å². The zero-order valence-corrected chi connectivity index (χ0v) is 24.2. The van der Waals surface area contributed by atoms with Gasteiger partial charge in [-0.25, -0.2) is 9.18 Å². The van der Waals surface area contributed by atoms with Gasteiger partial charge in [0.15, 0.2) is 18.2 Å². The van der Waals surface area contributed by atoms with Crippen LogP contribution < -0.4 is 10.2 Å². The molecule has 3 saturated carbocycles. The highest BCUT2D eigenvalue weighted by atomic mass is 19.1. The van der Waals surface area contributed by atoms with E-state index in [-0.39, 0.29) is 46.8 Å². The number of halogens is 1. The first-order valence-corrected chi connectivity index (χ1v) is 14.5. The van der Waals surface area contributed by atoms with Gasteiger partial charge in [0.2, 0.25) is 0 Å². The summed E-state index contributed by atoms with van der Waals surface area (Å²) in [7, 11) is 0.249. The minimum Gasteiger partial charge on any atom is -0.479 e. The van der Waals surface area contributed by atoms with E-state index in [9.17, 15) is 19.7 Å². The molecule has 3 fully saturated rings. The number of rotatable bonds is 7. The monoisotopic (exact) mass is 560 g/mol. The third-order valence-corrected chi connectivity index (χ3v) is 11.3. The number of Topliss-reactive ketones (excluding diaryl/α,β-unsaturated/α-hetero) is 1. The maximum atomic E-state index is 15.0. The lowest BCUT2D eigenvalue weighted by Crippen LogP contribution is -2.63. The van der Waals surface area contributed by atoms with Crippen molar-refractivity contribution in [2.24, 2.45) is 34.0 Å². The van der Waals surface area contributed by atoms with Gasteiger partial charge < -0.3 is 29.0 Å². The molecule has 8 atom stereocenters. The summed E-state index contributed by atoms with van der Waals surface area (Å²) in [5.74, 6) is -1.74. The highest BCUT2D eigenvalue weighted by molar-refractivity contribution is 6.61. The Morgan fingerprint density at radius 3 is 2.73 bits per heavy atom. The van der Waals surface area contributed by atoms with Crippen molar-refractivity contribution in [3.8, 4) is 5.75 Å². The van der Waals surface area contributed by atoms with Crippen LogP contribution in [0, 0.1) is 39.8 Å². The first kappa shape index (κ1) is 29.5. The van der Waals surface area contributed by atoms with Crippen LogP contribution in [0.15, 0.2) is 12.1 Å². The number of hydrogen-bond donors (Lipinski definition) is 2. The van der Waals surface area contributed by atoms with Crippen LogP contribution >= 0.6 is 0 Å².